The molecule has 2 heteroatoms. The molecule has 0 atom stereocenters. The Morgan fingerprint density at radius 1 is 1.25 bits per heavy atom. The lowest BCUT2D eigenvalue weighted by atomic mass is 10.1. The average molecular weight is 165 g/mol. The van der Waals surface area contributed by atoms with E-state index in [1.807, 2.05) is 18.2 Å². The largest absolute Gasteiger partial charge is 0.314 e. The molecule has 1 aromatic rings. The van der Waals surface area contributed by atoms with Gasteiger partial charge in [0.15, 0.2) is 0 Å². The molecule has 0 aliphatic heterocycles. The van der Waals surface area contributed by atoms with Gasteiger partial charge in [0.25, 0.3) is 0 Å². The van der Waals surface area contributed by atoms with Gasteiger partial charge in [-0.1, -0.05) is 30.3 Å². The molecule has 0 amide bonds. The summed E-state index contributed by atoms with van der Waals surface area (Å²) in [6, 6.07) is 10.3. The number of hydrogen-bond acceptors (Lipinski definition) is 2. The van der Waals surface area contributed by atoms with Crippen molar-refractivity contribution in [2.45, 2.75) is 12.8 Å². The summed E-state index contributed by atoms with van der Waals surface area (Å²) in [5.74, 6) is 0. The first-order valence-electron chi connectivity index (χ1n) is 4.23. The van der Waals surface area contributed by atoms with Gasteiger partial charge in [0, 0.05) is 13.6 Å². The highest BCUT2D eigenvalue weighted by Crippen LogP contribution is 2.01. The van der Waals surface area contributed by atoms with Crippen LogP contribution >= 0.6 is 0 Å². The first-order chi connectivity index (χ1) is 5.79. The van der Waals surface area contributed by atoms with Crippen LogP contribution in [0.4, 0.5) is 0 Å². The van der Waals surface area contributed by atoms with Gasteiger partial charge in [0.05, 0.1) is 0 Å². The van der Waals surface area contributed by atoms with Crippen LogP contribution in [0.5, 0.6) is 0 Å². The van der Waals surface area contributed by atoms with Crippen LogP contribution < -0.4 is 0 Å². The molecule has 12 heavy (non-hydrogen) atoms. The summed E-state index contributed by atoms with van der Waals surface area (Å²) in [6.07, 6.45) is 2.03. The number of rotatable bonds is 4. The topological polar surface area (TPSA) is 23.5 Å². The third-order valence-corrected chi connectivity index (χ3v) is 1.79. The number of benzene rings is 1. The van der Waals surface area contributed by atoms with E-state index in [2.05, 4.69) is 12.1 Å². The van der Waals surface area contributed by atoms with Gasteiger partial charge in [-0.2, -0.15) is 5.06 Å². The molecule has 0 aromatic heterocycles. The molecule has 2 nitrogen and oxygen atoms in total. The van der Waals surface area contributed by atoms with Crippen molar-refractivity contribution in [1.82, 2.24) is 5.06 Å². The molecule has 0 saturated heterocycles. The minimum atomic E-state index is 0.731. The molecule has 0 bridgehead atoms. The third-order valence-electron chi connectivity index (χ3n) is 1.79. The molecular weight excluding hydrogens is 150 g/mol. The molecule has 1 aromatic carbocycles. The van der Waals surface area contributed by atoms with Crippen molar-refractivity contribution < 1.29 is 5.21 Å². The van der Waals surface area contributed by atoms with Gasteiger partial charge in [-0.15, -0.1) is 0 Å². The van der Waals surface area contributed by atoms with E-state index >= 15 is 0 Å². The number of hydrogen-bond donors (Lipinski definition) is 1. The van der Waals surface area contributed by atoms with Crippen LogP contribution in [-0.4, -0.2) is 23.9 Å². The first kappa shape index (κ1) is 9.23. The lowest BCUT2D eigenvalue weighted by molar-refractivity contribution is -0.0651. The van der Waals surface area contributed by atoms with Gasteiger partial charge >= 0.3 is 0 Å². The van der Waals surface area contributed by atoms with E-state index < -0.39 is 0 Å². The van der Waals surface area contributed by atoms with E-state index in [1.165, 1.54) is 10.6 Å². The summed E-state index contributed by atoms with van der Waals surface area (Å²) in [6.45, 7) is 0.731. The van der Waals surface area contributed by atoms with Crippen molar-refractivity contribution in [3.05, 3.63) is 35.9 Å². The highest BCUT2D eigenvalue weighted by Gasteiger charge is 1.93. The van der Waals surface area contributed by atoms with Crippen LogP contribution in [0, 0.1) is 0 Å². The van der Waals surface area contributed by atoms with Crippen molar-refractivity contribution in [3.63, 3.8) is 0 Å². The normalized spacial score (nSPS) is 10.6. The highest BCUT2D eigenvalue weighted by molar-refractivity contribution is 5.14. The number of hydroxylamine groups is 2. The van der Waals surface area contributed by atoms with Crippen LogP contribution in [-0.2, 0) is 6.42 Å². The van der Waals surface area contributed by atoms with E-state index in [0.29, 0.717) is 0 Å². The number of aryl methyl sites for hydroxylation is 1. The standard InChI is InChI=1S/C10H15NO/c1-11(12)9-5-8-10-6-3-2-4-7-10/h2-4,6-7,12H,5,8-9H2,1H3. The lowest BCUT2D eigenvalue weighted by Gasteiger charge is -2.06. The molecule has 0 aliphatic rings. The quantitative estimate of drug-likeness (QED) is 0.689. The van der Waals surface area contributed by atoms with Gasteiger partial charge in [0.2, 0.25) is 0 Å². The summed E-state index contributed by atoms with van der Waals surface area (Å²) >= 11 is 0. The molecule has 66 valence electrons. The summed E-state index contributed by atoms with van der Waals surface area (Å²) in [5.41, 5.74) is 1.33. The second-order valence-electron chi connectivity index (χ2n) is 2.97. The Hall–Kier alpha value is -0.860. The molecule has 0 aliphatic carbocycles. The van der Waals surface area contributed by atoms with E-state index in [1.54, 1.807) is 7.05 Å². The maximum Gasteiger partial charge on any atom is 0.0238 e. The molecular formula is C10H15NO. The average Bonchev–Trinajstić information content (AvgIpc) is 2.05. The molecule has 0 radical (unpaired) electrons. The van der Waals surface area contributed by atoms with Gasteiger partial charge in [0.1, 0.15) is 0 Å². The first-order valence-corrected chi connectivity index (χ1v) is 4.23. The molecule has 1 rings (SSSR count). The highest BCUT2D eigenvalue weighted by atomic mass is 16.5. The summed E-state index contributed by atoms with van der Waals surface area (Å²) < 4.78 is 0. The zero-order chi connectivity index (χ0) is 8.81. The van der Waals surface area contributed by atoms with Crippen LogP contribution in [0.15, 0.2) is 30.3 Å². The van der Waals surface area contributed by atoms with Crippen LogP contribution in [0.3, 0.4) is 0 Å². The van der Waals surface area contributed by atoms with Gasteiger partial charge in [-0.25, -0.2) is 0 Å². The predicted octanol–water partition coefficient (Wildman–Crippen LogP) is 1.94. The fraction of sp³-hybridized carbons (Fsp3) is 0.400. The predicted molar refractivity (Wildman–Crippen MR) is 49.2 cm³/mol. The molecule has 0 heterocycles. The zero-order valence-electron chi connectivity index (χ0n) is 7.40. The minimum Gasteiger partial charge on any atom is -0.314 e. The SMILES string of the molecule is CN(O)CCCc1ccccc1. The summed E-state index contributed by atoms with van der Waals surface area (Å²) in [7, 11) is 1.67. The summed E-state index contributed by atoms with van der Waals surface area (Å²) in [4.78, 5) is 0. The van der Waals surface area contributed by atoms with Crippen LogP contribution in [0.2, 0.25) is 0 Å². The molecule has 0 fully saturated rings. The second kappa shape index (κ2) is 4.91. The Kier molecular flexibility index (Phi) is 3.77. The number of nitrogens with zero attached hydrogens (tertiary/aromatic N) is 1. The van der Waals surface area contributed by atoms with E-state index in [0.717, 1.165) is 19.4 Å². The van der Waals surface area contributed by atoms with Gasteiger partial charge < -0.3 is 5.21 Å². The van der Waals surface area contributed by atoms with E-state index in [9.17, 15) is 0 Å². The maximum absolute atomic E-state index is 8.86. The Bertz CT molecular complexity index is 208. The van der Waals surface area contributed by atoms with E-state index in [4.69, 9.17) is 5.21 Å². The fourth-order valence-corrected chi connectivity index (χ4v) is 1.16. The van der Waals surface area contributed by atoms with Crippen LogP contribution in [0.25, 0.3) is 0 Å². The fourth-order valence-electron chi connectivity index (χ4n) is 1.16. The zero-order valence-corrected chi connectivity index (χ0v) is 7.40. The molecule has 0 unspecified atom stereocenters. The minimum absolute atomic E-state index is 0.731. The Morgan fingerprint density at radius 3 is 2.50 bits per heavy atom. The van der Waals surface area contributed by atoms with Crippen molar-refractivity contribution in [2.24, 2.45) is 0 Å². The van der Waals surface area contributed by atoms with Crippen molar-refractivity contribution >= 4 is 0 Å². The summed E-state index contributed by atoms with van der Waals surface area (Å²) in [5, 5.41) is 10.1. The Balaban J connectivity index is 2.25. The molecule has 0 saturated carbocycles. The van der Waals surface area contributed by atoms with Crippen molar-refractivity contribution in [2.75, 3.05) is 13.6 Å². The lowest BCUT2D eigenvalue weighted by Crippen LogP contribution is -2.14. The molecule has 1 N–H and O–H groups in total. The monoisotopic (exact) mass is 165 g/mol. The van der Waals surface area contributed by atoms with Gasteiger partial charge in [-0.05, 0) is 18.4 Å². The maximum atomic E-state index is 8.86. The van der Waals surface area contributed by atoms with E-state index in [-0.39, 0.29) is 0 Å². The Morgan fingerprint density at radius 2 is 1.92 bits per heavy atom. The molecule has 0 spiro atoms. The van der Waals surface area contributed by atoms with Crippen LogP contribution in [0.1, 0.15) is 12.0 Å². The van der Waals surface area contributed by atoms with Crippen molar-refractivity contribution in [3.8, 4) is 0 Å². The second-order valence-corrected chi connectivity index (χ2v) is 2.97. The smallest absolute Gasteiger partial charge is 0.0238 e. The Labute approximate surface area is 73.4 Å². The van der Waals surface area contributed by atoms with Gasteiger partial charge in [-0.3, -0.25) is 0 Å². The van der Waals surface area contributed by atoms with Crippen molar-refractivity contribution in [1.29, 1.82) is 0 Å². The third kappa shape index (κ3) is 3.51.